The lowest BCUT2D eigenvalue weighted by Gasteiger charge is -2.35. The molecule has 5 heteroatoms. The first-order valence-electron chi connectivity index (χ1n) is 7.06. The highest BCUT2D eigenvalue weighted by atomic mass is 16.5. The van der Waals surface area contributed by atoms with Crippen LogP contribution < -0.4 is 5.73 Å². The number of nitrogens with zero attached hydrogens (tertiary/aromatic N) is 3. The Morgan fingerprint density at radius 1 is 1.11 bits per heavy atom. The van der Waals surface area contributed by atoms with Crippen LogP contribution in [0.25, 0.3) is 0 Å². The molecule has 0 saturated carbocycles. The summed E-state index contributed by atoms with van der Waals surface area (Å²) in [7, 11) is 4.30. The summed E-state index contributed by atoms with van der Waals surface area (Å²) in [6.07, 6.45) is 1.19. The first kappa shape index (κ1) is 14.2. The van der Waals surface area contributed by atoms with Gasteiger partial charge in [-0.25, -0.2) is 0 Å². The molecule has 2 aliphatic rings. The Balaban J connectivity index is 1.75. The molecule has 2 N–H and O–H groups in total. The van der Waals surface area contributed by atoms with Crippen molar-refractivity contribution in [3.8, 4) is 0 Å². The SMILES string of the molecule is CN(C)C1(CN)CCN(CCN2CCOCC2)C1. The zero-order valence-corrected chi connectivity index (χ0v) is 11.9. The van der Waals surface area contributed by atoms with Crippen molar-refractivity contribution < 1.29 is 4.74 Å². The molecule has 5 nitrogen and oxygen atoms in total. The Labute approximate surface area is 111 Å². The summed E-state index contributed by atoms with van der Waals surface area (Å²) in [4.78, 5) is 7.37. The Kier molecular flexibility index (Phi) is 4.98. The molecule has 1 unspecified atom stereocenters. The molecule has 0 amide bonds. The largest absolute Gasteiger partial charge is 0.379 e. The maximum absolute atomic E-state index is 5.98. The zero-order chi connectivity index (χ0) is 13.0. The van der Waals surface area contributed by atoms with E-state index < -0.39 is 0 Å². The standard InChI is InChI=1S/C13H28N4O/c1-15(2)13(11-14)3-4-17(12-13)6-5-16-7-9-18-10-8-16/h3-12,14H2,1-2H3. The van der Waals surface area contributed by atoms with Gasteiger partial charge in [-0.1, -0.05) is 0 Å². The minimum absolute atomic E-state index is 0.199. The molecule has 2 saturated heterocycles. The minimum Gasteiger partial charge on any atom is -0.379 e. The van der Waals surface area contributed by atoms with Crippen LogP contribution in [0, 0.1) is 0 Å². The van der Waals surface area contributed by atoms with E-state index in [0.717, 1.165) is 52.5 Å². The van der Waals surface area contributed by atoms with Gasteiger partial charge in [-0.15, -0.1) is 0 Å². The van der Waals surface area contributed by atoms with Crippen molar-refractivity contribution in [3.63, 3.8) is 0 Å². The van der Waals surface area contributed by atoms with Crippen LogP contribution in [-0.2, 0) is 4.74 Å². The van der Waals surface area contributed by atoms with Crippen LogP contribution in [0.1, 0.15) is 6.42 Å². The fourth-order valence-electron chi connectivity index (χ4n) is 2.95. The van der Waals surface area contributed by atoms with Crippen LogP contribution in [0.3, 0.4) is 0 Å². The molecule has 18 heavy (non-hydrogen) atoms. The molecule has 2 aliphatic heterocycles. The van der Waals surface area contributed by atoms with Crippen LogP contribution in [0.5, 0.6) is 0 Å². The van der Waals surface area contributed by atoms with E-state index in [4.69, 9.17) is 10.5 Å². The first-order valence-corrected chi connectivity index (χ1v) is 7.06. The third-order valence-electron chi connectivity index (χ3n) is 4.58. The second-order valence-corrected chi connectivity index (χ2v) is 5.80. The summed E-state index contributed by atoms with van der Waals surface area (Å²) in [5.74, 6) is 0. The summed E-state index contributed by atoms with van der Waals surface area (Å²) in [6, 6.07) is 0. The molecule has 2 fully saturated rings. The summed E-state index contributed by atoms with van der Waals surface area (Å²) in [5.41, 5.74) is 6.18. The van der Waals surface area contributed by atoms with E-state index in [0.29, 0.717) is 0 Å². The van der Waals surface area contributed by atoms with Gasteiger partial charge in [-0.2, -0.15) is 0 Å². The second-order valence-electron chi connectivity index (χ2n) is 5.80. The molecule has 1 atom stereocenters. The molecule has 0 spiro atoms. The van der Waals surface area contributed by atoms with Gasteiger partial charge >= 0.3 is 0 Å². The van der Waals surface area contributed by atoms with Crippen molar-refractivity contribution in [2.75, 3.05) is 73.1 Å². The highest BCUT2D eigenvalue weighted by molar-refractivity contribution is 4.98. The van der Waals surface area contributed by atoms with Gasteiger partial charge in [0.2, 0.25) is 0 Å². The van der Waals surface area contributed by atoms with Crippen LogP contribution in [-0.4, -0.2) is 93.4 Å². The number of hydrogen-bond acceptors (Lipinski definition) is 5. The number of likely N-dealkylation sites (tertiary alicyclic amines) is 1. The van der Waals surface area contributed by atoms with Gasteiger partial charge < -0.3 is 20.3 Å². The quantitative estimate of drug-likeness (QED) is 0.704. The Morgan fingerprint density at radius 2 is 1.78 bits per heavy atom. The predicted octanol–water partition coefficient (Wildman–Crippen LogP) is -0.717. The zero-order valence-electron chi connectivity index (χ0n) is 11.9. The fourth-order valence-corrected chi connectivity index (χ4v) is 2.95. The van der Waals surface area contributed by atoms with Gasteiger partial charge in [0.1, 0.15) is 0 Å². The number of likely N-dealkylation sites (N-methyl/N-ethyl adjacent to an activating group) is 1. The number of morpholine rings is 1. The van der Waals surface area contributed by atoms with Crippen LogP contribution >= 0.6 is 0 Å². The lowest BCUT2D eigenvalue weighted by molar-refractivity contribution is 0.0336. The van der Waals surface area contributed by atoms with Gasteiger partial charge in [0.25, 0.3) is 0 Å². The average molecular weight is 256 g/mol. The molecular weight excluding hydrogens is 228 g/mol. The van der Waals surface area contributed by atoms with E-state index in [2.05, 4.69) is 28.8 Å². The summed E-state index contributed by atoms with van der Waals surface area (Å²) >= 11 is 0. The molecule has 106 valence electrons. The highest BCUT2D eigenvalue weighted by Crippen LogP contribution is 2.24. The predicted molar refractivity (Wildman–Crippen MR) is 73.8 cm³/mol. The molecule has 0 aromatic heterocycles. The molecule has 0 bridgehead atoms. The highest BCUT2D eigenvalue weighted by Gasteiger charge is 2.38. The van der Waals surface area contributed by atoms with E-state index in [1.54, 1.807) is 0 Å². The van der Waals surface area contributed by atoms with Gasteiger partial charge in [-0.3, -0.25) is 4.90 Å². The molecule has 2 rings (SSSR count). The van der Waals surface area contributed by atoms with Crippen molar-refractivity contribution >= 4 is 0 Å². The fraction of sp³-hybridized carbons (Fsp3) is 1.00. The monoisotopic (exact) mass is 256 g/mol. The maximum Gasteiger partial charge on any atom is 0.0594 e. The van der Waals surface area contributed by atoms with Gasteiger partial charge in [-0.05, 0) is 20.5 Å². The van der Waals surface area contributed by atoms with Crippen molar-refractivity contribution in [1.82, 2.24) is 14.7 Å². The molecule has 0 aromatic carbocycles. The van der Waals surface area contributed by atoms with Crippen molar-refractivity contribution in [1.29, 1.82) is 0 Å². The molecule has 0 aromatic rings. The molecule has 0 aliphatic carbocycles. The maximum atomic E-state index is 5.98. The summed E-state index contributed by atoms with van der Waals surface area (Å²) in [6.45, 7) is 9.34. The van der Waals surface area contributed by atoms with E-state index in [1.807, 2.05) is 0 Å². The molecule has 0 radical (unpaired) electrons. The summed E-state index contributed by atoms with van der Waals surface area (Å²) in [5, 5.41) is 0. The number of ether oxygens (including phenoxy) is 1. The van der Waals surface area contributed by atoms with E-state index in [1.165, 1.54) is 13.0 Å². The van der Waals surface area contributed by atoms with E-state index >= 15 is 0 Å². The van der Waals surface area contributed by atoms with Gasteiger partial charge in [0.15, 0.2) is 0 Å². The van der Waals surface area contributed by atoms with Gasteiger partial charge in [0, 0.05) is 51.4 Å². The molecular formula is C13H28N4O. The third-order valence-corrected chi connectivity index (χ3v) is 4.58. The lowest BCUT2D eigenvalue weighted by atomic mass is 9.97. The summed E-state index contributed by atoms with van der Waals surface area (Å²) < 4.78 is 5.37. The minimum atomic E-state index is 0.199. The number of nitrogens with two attached hydrogens (primary N) is 1. The Bertz CT molecular complexity index is 255. The van der Waals surface area contributed by atoms with Crippen molar-refractivity contribution in [2.24, 2.45) is 5.73 Å². The Morgan fingerprint density at radius 3 is 2.33 bits per heavy atom. The topological polar surface area (TPSA) is 45.0 Å². The lowest BCUT2D eigenvalue weighted by Crippen LogP contribution is -2.52. The third kappa shape index (κ3) is 3.22. The van der Waals surface area contributed by atoms with Crippen LogP contribution in [0.4, 0.5) is 0 Å². The number of hydrogen-bond donors (Lipinski definition) is 1. The van der Waals surface area contributed by atoms with Gasteiger partial charge in [0.05, 0.1) is 13.2 Å². The normalized spacial score (nSPS) is 31.3. The van der Waals surface area contributed by atoms with Crippen molar-refractivity contribution in [2.45, 2.75) is 12.0 Å². The Hall–Kier alpha value is -0.200. The number of rotatable bonds is 5. The first-order chi connectivity index (χ1) is 8.66. The van der Waals surface area contributed by atoms with Crippen LogP contribution in [0.2, 0.25) is 0 Å². The molecule has 2 heterocycles. The van der Waals surface area contributed by atoms with E-state index in [9.17, 15) is 0 Å². The second kappa shape index (κ2) is 6.30. The smallest absolute Gasteiger partial charge is 0.0594 e. The average Bonchev–Trinajstić information content (AvgIpc) is 2.83. The van der Waals surface area contributed by atoms with Crippen molar-refractivity contribution in [3.05, 3.63) is 0 Å². The van der Waals surface area contributed by atoms with Crippen LogP contribution in [0.15, 0.2) is 0 Å². The van der Waals surface area contributed by atoms with E-state index in [-0.39, 0.29) is 5.54 Å².